The average Bonchev–Trinajstić information content (AvgIpc) is 3.28. The van der Waals surface area contributed by atoms with Gasteiger partial charge in [-0.1, -0.05) is 48.5 Å². The Morgan fingerprint density at radius 3 is 2.41 bits per heavy atom. The molecule has 5 nitrogen and oxygen atoms in total. The molecule has 0 saturated carbocycles. The number of amides is 1. The minimum atomic E-state index is -0.374. The summed E-state index contributed by atoms with van der Waals surface area (Å²) in [4.78, 5) is 12.3. The number of nitrogens with one attached hydrogen (secondary N) is 2. The molecule has 0 bridgehead atoms. The predicted molar refractivity (Wildman–Crippen MR) is 105 cm³/mol. The molecule has 1 aliphatic heterocycles. The Morgan fingerprint density at radius 1 is 1.15 bits per heavy atom. The van der Waals surface area contributed by atoms with Gasteiger partial charge in [0.05, 0.1) is 12.1 Å². The third-order valence-electron chi connectivity index (χ3n) is 5.67. The maximum absolute atomic E-state index is 12.3. The quantitative estimate of drug-likeness (QED) is 0.824. The van der Waals surface area contributed by atoms with E-state index in [0.29, 0.717) is 19.8 Å². The van der Waals surface area contributed by atoms with E-state index in [1.807, 2.05) is 12.1 Å². The van der Waals surface area contributed by atoms with Gasteiger partial charge in [-0.25, -0.2) is 4.79 Å². The Labute approximate surface area is 160 Å². The van der Waals surface area contributed by atoms with Crippen LogP contribution in [0.1, 0.15) is 29.9 Å². The normalized spacial score (nSPS) is 20.9. The van der Waals surface area contributed by atoms with Gasteiger partial charge in [-0.2, -0.15) is 0 Å². The molecule has 1 fully saturated rings. The second kappa shape index (κ2) is 7.71. The second-order valence-electron chi connectivity index (χ2n) is 7.42. The Kier molecular flexibility index (Phi) is 5.14. The van der Waals surface area contributed by atoms with Gasteiger partial charge < -0.3 is 20.1 Å². The molecule has 1 aliphatic carbocycles. The highest BCUT2D eigenvalue weighted by Gasteiger charge is 2.34. The minimum absolute atomic E-state index is 0.0840. The molecule has 2 N–H and O–H groups in total. The molecule has 1 unspecified atom stereocenters. The monoisotopic (exact) mass is 366 g/mol. The molecule has 2 aromatic rings. The summed E-state index contributed by atoms with van der Waals surface area (Å²) in [5.41, 5.74) is 4.73. The van der Waals surface area contributed by atoms with E-state index in [-0.39, 0.29) is 17.6 Å². The highest BCUT2D eigenvalue weighted by atomic mass is 16.5. The number of benzene rings is 2. The zero-order valence-corrected chi connectivity index (χ0v) is 15.7. The molecule has 1 heterocycles. The first-order chi connectivity index (χ1) is 13.2. The Hall–Kier alpha value is -2.37. The van der Waals surface area contributed by atoms with Crippen LogP contribution in [-0.2, 0) is 9.47 Å². The Balaban J connectivity index is 1.39. The predicted octanol–water partition coefficient (Wildman–Crippen LogP) is 3.29. The third-order valence-corrected chi connectivity index (χ3v) is 5.67. The van der Waals surface area contributed by atoms with Crippen molar-refractivity contribution >= 4 is 6.09 Å². The van der Waals surface area contributed by atoms with E-state index in [2.05, 4.69) is 47.0 Å². The van der Waals surface area contributed by atoms with Crippen molar-refractivity contribution in [3.63, 3.8) is 0 Å². The first-order valence-corrected chi connectivity index (χ1v) is 9.55. The van der Waals surface area contributed by atoms with Gasteiger partial charge in [-0.15, -0.1) is 0 Å². The van der Waals surface area contributed by atoms with E-state index in [9.17, 15) is 4.79 Å². The highest BCUT2D eigenvalue weighted by molar-refractivity contribution is 5.79. The molecule has 0 aromatic heterocycles. The lowest BCUT2D eigenvalue weighted by atomic mass is 9.98. The van der Waals surface area contributed by atoms with Crippen molar-refractivity contribution in [3.8, 4) is 11.1 Å². The summed E-state index contributed by atoms with van der Waals surface area (Å²) in [7, 11) is 1.69. The van der Waals surface area contributed by atoms with Crippen molar-refractivity contribution in [1.29, 1.82) is 0 Å². The van der Waals surface area contributed by atoms with Crippen LogP contribution >= 0.6 is 0 Å². The number of methoxy groups -OCH3 is 1. The fraction of sp³-hybridized carbons (Fsp3) is 0.409. The molecule has 5 heteroatoms. The third kappa shape index (κ3) is 3.57. The fourth-order valence-electron chi connectivity index (χ4n) is 4.36. The number of rotatable bonds is 6. The van der Waals surface area contributed by atoms with Crippen LogP contribution in [0.5, 0.6) is 0 Å². The number of alkyl carbamates (subject to hydrolysis) is 1. The standard InChI is InChI=1S/C22H26N2O3/c1-26-15-22(11-6-12-24-22)14-23-21(25)27-13-20-18-9-4-2-7-16(18)17-8-3-5-10-19(17)20/h2-5,7-10,20,24H,6,11-15H2,1H3,(H,23,25). The summed E-state index contributed by atoms with van der Waals surface area (Å²) in [6.45, 7) is 2.38. The first kappa shape index (κ1) is 18.0. The van der Waals surface area contributed by atoms with Crippen LogP contribution in [0.15, 0.2) is 48.5 Å². The topological polar surface area (TPSA) is 59.6 Å². The highest BCUT2D eigenvalue weighted by Crippen LogP contribution is 2.44. The van der Waals surface area contributed by atoms with Crippen LogP contribution in [0.3, 0.4) is 0 Å². The SMILES string of the molecule is COCC1(CNC(=O)OCC2c3ccccc3-c3ccccc32)CCCN1. The summed E-state index contributed by atoms with van der Waals surface area (Å²) >= 11 is 0. The lowest BCUT2D eigenvalue weighted by molar-refractivity contribution is 0.109. The van der Waals surface area contributed by atoms with Crippen molar-refractivity contribution in [2.45, 2.75) is 24.3 Å². The summed E-state index contributed by atoms with van der Waals surface area (Å²) in [5, 5.41) is 6.37. The summed E-state index contributed by atoms with van der Waals surface area (Å²) in [5.74, 6) is 0.0840. The largest absolute Gasteiger partial charge is 0.449 e. The number of carbonyl (C=O) groups is 1. The minimum Gasteiger partial charge on any atom is -0.449 e. The van der Waals surface area contributed by atoms with Gasteiger partial charge in [0.25, 0.3) is 0 Å². The zero-order chi connectivity index (χ0) is 18.7. The fourth-order valence-corrected chi connectivity index (χ4v) is 4.36. The van der Waals surface area contributed by atoms with E-state index < -0.39 is 0 Å². The number of hydrogen-bond donors (Lipinski definition) is 2. The van der Waals surface area contributed by atoms with Crippen molar-refractivity contribution < 1.29 is 14.3 Å². The van der Waals surface area contributed by atoms with Gasteiger partial charge in [-0.05, 0) is 41.6 Å². The van der Waals surface area contributed by atoms with Crippen LogP contribution in [-0.4, -0.2) is 45.0 Å². The van der Waals surface area contributed by atoms with Crippen molar-refractivity contribution in [2.24, 2.45) is 0 Å². The summed E-state index contributed by atoms with van der Waals surface area (Å²) in [6, 6.07) is 16.7. The molecule has 1 amide bonds. The first-order valence-electron chi connectivity index (χ1n) is 9.55. The summed E-state index contributed by atoms with van der Waals surface area (Å²) < 4.78 is 10.9. The molecule has 1 atom stereocenters. The van der Waals surface area contributed by atoms with Crippen molar-refractivity contribution in [3.05, 3.63) is 59.7 Å². The molecule has 1 saturated heterocycles. The van der Waals surface area contributed by atoms with Crippen LogP contribution in [0.4, 0.5) is 4.79 Å². The van der Waals surface area contributed by atoms with E-state index >= 15 is 0 Å². The van der Waals surface area contributed by atoms with Crippen molar-refractivity contribution in [1.82, 2.24) is 10.6 Å². The van der Waals surface area contributed by atoms with Crippen LogP contribution in [0, 0.1) is 0 Å². The Bertz CT molecular complexity index is 769. The van der Waals surface area contributed by atoms with Crippen LogP contribution in [0.2, 0.25) is 0 Å². The van der Waals surface area contributed by atoms with Gasteiger partial charge >= 0.3 is 6.09 Å². The van der Waals surface area contributed by atoms with Crippen molar-refractivity contribution in [2.75, 3.05) is 33.4 Å². The lowest BCUT2D eigenvalue weighted by Gasteiger charge is -2.28. The Morgan fingerprint density at radius 2 is 1.81 bits per heavy atom. The number of fused-ring (bicyclic) bond motifs is 3. The number of ether oxygens (including phenoxy) is 2. The molecule has 0 spiro atoms. The van der Waals surface area contributed by atoms with Gasteiger partial charge in [0.2, 0.25) is 0 Å². The van der Waals surface area contributed by atoms with E-state index in [1.165, 1.54) is 22.3 Å². The van der Waals surface area contributed by atoms with E-state index in [4.69, 9.17) is 9.47 Å². The maximum Gasteiger partial charge on any atom is 0.407 e. The second-order valence-corrected chi connectivity index (χ2v) is 7.42. The number of hydrogen-bond acceptors (Lipinski definition) is 4. The van der Waals surface area contributed by atoms with Gasteiger partial charge in [0.15, 0.2) is 0 Å². The molecule has 4 rings (SSSR count). The van der Waals surface area contributed by atoms with Gasteiger partial charge in [-0.3, -0.25) is 0 Å². The molecular formula is C22H26N2O3. The molecule has 2 aromatic carbocycles. The zero-order valence-electron chi connectivity index (χ0n) is 15.7. The van der Waals surface area contributed by atoms with Crippen LogP contribution in [0.25, 0.3) is 11.1 Å². The van der Waals surface area contributed by atoms with Gasteiger partial charge in [0.1, 0.15) is 6.61 Å². The van der Waals surface area contributed by atoms with Crippen LogP contribution < -0.4 is 10.6 Å². The molecule has 142 valence electrons. The average molecular weight is 366 g/mol. The van der Waals surface area contributed by atoms with E-state index in [0.717, 1.165) is 19.4 Å². The molecule has 2 aliphatic rings. The lowest BCUT2D eigenvalue weighted by Crippen LogP contribution is -2.53. The maximum atomic E-state index is 12.3. The molecule has 0 radical (unpaired) electrons. The smallest absolute Gasteiger partial charge is 0.407 e. The molecule has 27 heavy (non-hydrogen) atoms. The molecular weight excluding hydrogens is 340 g/mol. The van der Waals surface area contributed by atoms with Gasteiger partial charge in [0, 0.05) is 19.6 Å². The van der Waals surface area contributed by atoms with E-state index in [1.54, 1.807) is 7.11 Å². The summed E-state index contributed by atoms with van der Waals surface area (Å²) in [6.07, 6.45) is 1.71. The number of carbonyl (C=O) groups excluding carboxylic acids is 1.